The first-order valence-corrected chi connectivity index (χ1v) is 6.61. The zero-order valence-electron chi connectivity index (χ0n) is 12.0. The Labute approximate surface area is 123 Å². The fourth-order valence-corrected chi connectivity index (χ4v) is 1.84. The Bertz CT molecular complexity index is 651. The quantitative estimate of drug-likeness (QED) is 0.847. The highest BCUT2D eigenvalue weighted by Crippen LogP contribution is 2.10. The number of carbonyl (C=O) groups excluding carboxylic acids is 2. The molecule has 2 rings (SSSR count). The molecule has 2 amide bonds. The van der Waals surface area contributed by atoms with Crippen molar-refractivity contribution in [2.75, 3.05) is 5.32 Å². The number of hydrogen-bond acceptors (Lipinski definition) is 3. The second-order valence-electron chi connectivity index (χ2n) is 4.74. The number of Topliss-reactive ketones (excluding diaryl/α,β-unsaturated/α-hetero) is 1. The third kappa shape index (κ3) is 4.14. The van der Waals surface area contributed by atoms with Gasteiger partial charge in [0.05, 0.1) is 0 Å². The molecule has 0 aliphatic carbocycles. The summed E-state index contributed by atoms with van der Waals surface area (Å²) < 4.78 is 0. The lowest BCUT2D eigenvalue weighted by Gasteiger charge is -2.09. The maximum absolute atomic E-state index is 11.8. The highest BCUT2D eigenvalue weighted by Gasteiger charge is 2.04. The Morgan fingerprint density at radius 2 is 1.86 bits per heavy atom. The van der Waals surface area contributed by atoms with Crippen LogP contribution in [0.2, 0.25) is 0 Å². The van der Waals surface area contributed by atoms with Crippen LogP contribution >= 0.6 is 0 Å². The number of rotatable bonds is 4. The minimum atomic E-state index is -0.290. The molecule has 0 unspecified atom stereocenters. The molecule has 0 atom stereocenters. The number of benzene rings is 1. The van der Waals surface area contributed by atoms with Crippen molar-refractivity contribution in [3.8, 4) is 0 Å². The third-order valence-electron chi connectivity index (χ3n) is 3.13. The van der Waals surface area contributed by atoms with Gasteiger partial charge in [0.2, 0.25) is 0 Å². The Morgan fingerprint density at radius 1 is 1.14 bits per heavy atom. The SMILES string of the molecule is CC(=O)c1ccc(NC(=O)NCc2ccncc2C)cc1. The molecule has 0 saturated carbocycles. The van der Waals surface area contributed by atoms with E-state index in [4.69, 9.17) is 0 Å². The zero-order valence-corrected chi connectivity index (χ0v) is 12.0. The molecule has 1 aromatic carbocycles. The Hall–Kier alpha value is -2.69. The van der Waals surface area contributed by atoms with Crippen LogP contribution in [-0.2, 0) is 6.54 Å². The van der Waals surface area contributed by atoms with Gasteiger partial charge in [-0.15, -0.1) is 0 Å². The third-order valence-corrected chi connectivity index (χ3v) is 3.13. The number of nitrogens with zero attached hydrogens (tertiary/aromatic N) is 1. The second-order valence-corrected chi connectivity index (χ2v) is 4.74. The number of amides is 2. The van der Waals surface area contributed by atoms with Crippen molar-refractivity contribution in [3.05, 3.63) is 59.4 Å². The number of nitrogens with one attached hydrogen (secondary N) is 2. The smallest absolute Gasteiger partial charge is 0.319 e. The lowest BCUT2D eigenvalue weighted by atomic mass is 10.1. The number of aromatic nitrogens is 1. The molecule has 5 nitrogen and oxygen atoms in total. The maximum Gasteiger partial charge on any atom is 0.319 e. The van der Waals surface area contributed by atoms with Gasteiger partial charge in [0.15, 0.2) is 5.78 Å². The lowest BCUT2D eigenvalue weighted by Crippen LogP contribution is -2.28. The van der Waals surface area contributed by atoms with Crippen LogP contribution in [-0.4, -0.2) is 16.8 Å². The second kappa shape index (κ2) is 6.65. The van der Waals surface area contributed by atoms with E-state index in [0.717, 1.165) is 11.1 Å². The highest BCUT2D eigenvalue weighted by molar-refractivity contribution is 5.95. The molecule has 108 valence electrons. The molecule has 5 heteroatoms. The van der Waals surface area contributed by atoms with Gasteiger partial charge in [-0.05, 0) is 55.3 Å². The summed E-state index contributed by atoms with van der Waals surface area (Å²) in [6.07, 6.45) is 3.46. The first-order valence-electron chi connectivity index (χ1n) is 6.61. The number of anilines is 1. The van der Waals surface area contributed by atoms with E-state index in [-0.39, 0.29) is 11.8 Å². The molecule has 0 radical (unpaired) electrons. The Kier molecular flexibility index (Phi) is 4.66. The van der Waals surface area contributed by atoms with E-state index in [1.807, 2.05) is 13.0 Å². The number of ketones is 1. The summed E-state index contributed by atoms with van der Waals surface area (Å²) in [6, 6.07) is 8.36. The van der Waals surface area contributed by atoms with Gasteiger partial charge in [-0.25, -0.2) is 4.79 Å². The zero-order chi connectivity index (χ0) is 15.2. The summed E-state index contributed by atoms with van der Waals surface area (Å²) in [4.78, 5) is 27.0. The summed E-state index contributed by atoms with van der Waals surface area (Å²) >= 11 is 0. The topological polar surface area (TPSA) is 71.1 Å². The van der Waals surface area contributed by atoms with Crippen LogP contribution < -0.4 is 10.6 Å². The molecule has 0 saturated heterocycles. The van der Waals surface area contributed by atoms with Crippen molar-refractivity contribution < 1.29 is 9.59 Å². The largest absolute Gasteiger partial charge is 0.334 e. The van der Waals surface area contributed by atoms with Gasteiger partial charge in [-0.1, -0.05) is 0 Å². The number of hydrogen-bond donors (Lipinski definition) is 2. The minimum absolute atomic E-state index is 0.000774. The van der Waals surface area contributed by atoms with Crippen molar-refractivity contribution in [1.82, 2.24) is 10.3 Å². The number of aryl methyl sites for hydroxylation is 1. The molecule has 0 aliphatic heterocycles. The van der Waals surface area contributed by atoms with E-state index in [9.17, 15) is 9.59 Å². The summed E-state index contributed by atoms with van der Waals surface area (Å²) in [5.74, 6) is -0.000774. The molecule has 0 aliphatic rings. The van der Waals surface area contributed by atoms with E-state index in [2.05, 4.69) is 15.6 Å². The van der Waals surface area contributed by atoms with Crippen molar-refractivity contribution in [2.45, 2.75) is 20.4 Å². The van der Waals surface area contributed by atoms with Crippen molar-refractivity contribution in [2.24, 2.45) is 0 Å². The van der Waals surface area contributed by atoms with Crippen LogP contribution in [0, 0.1) is 6.92 Å². The van der Waals surface area contributed by atoms with Crippen molar-refractivity contribution in [3.63, 3.8) is 0 Å². The van der Waals surface area contributed by atoms with Gasteiger partial charge >= 0.3 is 6.03 Å². The summed E-state index contributed by atoms with van der Waals surface area (Å²) in [5.41, 5.74) is 3.31. The van der Waals surface area contributed by atoms with Crippen LogP contribution in [0.5, 0.6) is 0 Å². The molecule has 1 heterocycles. The average Bonchev–Trinajstić information content (AvgIpc) is 2.47. The monoisotopic (exact) mass is 283 g/mol. The van der Waals surface area contributed by atoms with E-state index in [0.29, 0.717) is 17.8 Å². The molecule has 0 fully saturated rings. The predicted octanol–water partition coefficient (Wildman–Crippen LogP) is 2.91. The molecule has 0 spiro atoms. The summed E-state index contributed by atoms with van der Waals surface area (Å²) in [6.45, 7) is 3.89. The van der Waals surface area contributed by atoms with Crippen LogP contribution in [0.1, 0.15) is 28.4 Å². The molecule has 21 heavy (non-hydrogen) atoms. The lowest BCUT2D eigenvalue weighted by molar-refractivity contribution is 0.101. The minimum Gasteiger partial charge on any atom is -0.334 e. The molecular weight excluding hydrogens is 266 g/mol. The van der Waals surface area contributed by atoms with Gasteiger partial charge in [0.1, 0.15) is 0 Å². The number of carbonyl (C=O) groups is 2. The van der Waals surface area contributed by atoms with E-state index in [1.54, 1.807) is 36.7 Å². The van der Waals surface area contributed by atoms with Gasteiger partial charge < -0.3 is 10.6 Å². The fourth-order valence-electron chi connectivity index (χ4n) is 1.84. The van der Waals surface area contributed by atoms with Crippen LogP contribution in [0.15, 0.2) is 42.7 Å². The van der Waals surface area contributed by atoms with Crippen LogP contribution in [0.4, 0.5) is 10.5 Å². The molecule has 2 aromatic rings. The number of pyridine rings is 1. The molecular formula is C16H17N3O2. The average molecular weight is 283 g/mol. The Morgan fingerprint density at radius 3 is 2.48 bits per heavy atom. The molecule has 2 N–H and O–H groups in total. The molecule has 1 aromatic heterocycles. The van der Waals surface area contributed by atoms with E-state index < -0.39 is 0 Å². The first kappa shape index (κ1) is 14.7. The van der Waals surface area contributed by atoms with E-state index >= 15 is 0 Å². The fraction of sp³-hybridized carbons (Fsp3) is 0.188. The van der Waals surface area contributed by atoms with Gasteiger partial charge in [0, 0.05) is 30.2 Å². The molecule has 0 bridgehead atoms. The number of urea groups is 1. The van der Waals surface area contributed by atoms with Gasteiger partial charge in [0.25, 0.3) is 0 Å². The highest BCUT2D eigenvalue weighted by atomic mass is 16.2. The predicted molar refractivity (Wildman–Crippen MR) is 81.3 cm³/mol. The summed E-state index contributed by atoms with van der Waals surface area (Å²) in [7, 11) is 0. The summed E-state index contributed by atoms with van der Waals surface area (Å²) in [5, 5.41) is 5.50. The Balaban J connectivity index is 1.90. The van der Waals surface area contributed by atoms with Crippen molar-refractivity contribution >= 4 is 17.5 Å². The van der Waals surface area contributed by atoms with E-state index in [1.165, 1.54) is 6.92 Å². The van der Waals surface area contributed by atoms with Crippen molar-refractivity contribution in [1.29, 1.82) is 0 Å². The maximum atomic E-state index is 11.8. The standard InChI is InChI=1S/C16H17N3O2/c1-11-9-17-8-7-14(11)10-18-16(21)19-15-5-3-13(4-6-15)12(2)20/h3-9H,10H2,1-2H3,(H2,18,19,21). The first-order chi connectivity index (χ1) is 10.1. The normalized spacial score (nSPS) is 10.0. The van der Waals surface area contributed by atoms with Gasteiger partial charge in [-0.2, -0.15) is 0 Å². The van der Waals surface area contributed by atoms with Crippen LogP contribution in [0.3, 0.4) is 0 Å². The van der Waals surface area contributed by atoms with Crippen LogP contribution in [0.25, 0.3) is 0 Å². The van der Waals surface area contributed by atoms with Gasteiger partial charge in [-0.3, -0.25) is 9.78 Å².